The van der Waals surface area contributed by atoms with Gasteiger partial charge in [-0.3, -0.25) is 0 Å². The van der Waals surface area contributed by atoms with Gasteiger partial charge >= 0.3 is 6.18 Å². The van der Waals surface area contributed by atoms with E-state index in [1.165, 1.54) is 19.6 Å². The summed E-state index contributed by atoms with van der Waals surface area (Å²) >= 11 is 0. The van der Waals surface area contributed by atoms with Crippen LogP contribution in [-0.2, 0) is 0 Å². The second-order valence-electron chi connectivity index (χ2n) is 12.8. The van der Waals surface area contributed by atoms with Crippen molar-refractivity contribution in [2.75, 3.05) is 0 Å². The van der Waals surface area contributed by atoms with E-state index in [1.54, 1.807) is 13.0 Å². The molecule has 212 valence electrons. The van der Waals surface area contributed by atoms with Gasteiger partial charge in [-0.2, -0.15) is 18.3 Å². The molecule has 0 radical (unpaired) electrons. The first-order chi connectivity index (χ1) is 17.6. The molecule has 2 saturated carbocycles. The van der Waals surface area contributed by atoms with Gasteiger partial charge < -0.3 is 10.6 Å². The van der Waals surface area contributed by atoms with Crippen LogP contribution in [0.2, 0.25) is 0 Å². The van der Waals surface area contributed by atoms with E-state index in [2.05, 4.69) is 56.3 Å². The summed E-state index contributed by atoms with van der Waals surface area (Å²) in [6, 6.07) is -0.498. The summed E-state index contributed by atoms with van der Waals surface area (Å²) in [6.45, 7) is 15.7. The first-order valence-corrected chi connectivity index (χ1v) is 14.0. The highest BCUT2D eigenvalue weighted by molar-refractivity contribution is 5.53. The lowest BCUT2D eigenvalue weighted by atomic mass is 9.62. The van der Waals surface area contributed by atoms with Gasteiger partial charge in [0.25, 0.3) is 0 Å². The SMILES string of the molecule is C#C/C(=C\C=C/C)CC1CC(C)(C(F)(F)F)N(/N=C\C)/C(=C/C(C)(C)NC2(CC(C)CC)CC3CC32C)N1. The predicted octanol–water partition coefficient (Wildman–Crippen LogP) is 7.32. The van der Waals surface area contributed by atoms with Gasteiger partial charge in [0.1, 0.15) is 5.82 Å². The van der Waals surface area contributed by atoms with Crippen LogP contribution in [0.5, 0.6) is 0 Å². The van der Waals surface area contributed by atoms with E-state index in [1.807, 2.05) is 25.2 Å². The minimum atomic E-state index is -4.50. The normalized spacial score (nSPS) is 35.7. The van der Waals surface area contributed by atoms with Crippen LogP contribution in [0.1, 0.15) is 93.9 Å². The molecule has 3 fully saturated rings. The number of hydrogen-bond acceptors (Lipinski definition) is 4. The van der Waals surface area contributed by atoms with Crippen LogP contribution < -0.4 is 10.6 Å². The standard InChI is InChI=1S/C31H47F3N4/c1-10-14-15-23(12-3)16-25-20-29(9,31(32,33)34)38(35-13-4)26(36-25)21-27(6,7)37-30(17-22(5)11-2)19-24-18-28(24,30)8/h3,10,13-15,21-22,24-25,36-37H,11,16-20H2,1-2,4-9H3/b14-10-,23-15+,26-21+,35-13-. The zero-order valence-electron chi connectivity index (χ0n) is 24.5. The molecule has 3 aliphatic rings. The van der Waals surface area contributed by atoms with Crippen LogP contribution in [0.3, 0.4) is 0 Å². The molecule has 3 rings (SSSR count). The number of alkyl halides is 3. The predicted molar refractivity (Wildman–Crippen MR) is 151 cm³/mol. The van der Waals surface area contributed by atoms with Crippen molar-refractivity contribution in [3.63, 3.8) is 0 Å². The number of nitrogens with one attached hydrogen (secondary N) is 2. The number of terminal acetylenes is 1. The lowest BCUT2D eigenvalue weighted by Crippen LogP contribution is -2.66. The molecular formula is C31H47F3N4. The van der Waals surface area contributed by atoms with E-state index in [-0.39, 0.29) is 17.4 Å². The molecule has 0 aromatic heterocycles. The largest absolute Gasteiger partial charge is 0.413 e. The fraction of sp³-hybridized carbons (Fsp3) is 0.710. The third-order valence-corrected chi connectivity index (χ3v) is 9.23. The Hall–Kier alpha value is -2.20. The molecule has 0 aromatic rings. The van der Waals surface area contributed by atoms with Crippen molar-refractivity contribution in [2.45, 2.75) is 123 Å². The monoisotopic (exact) mass is 532 g/mol. The Morgan fingerprint density at radius 2 is 1.95 bits per heavy atom. The molecule has 6 atom stereocenters. The van der Waals surface area contributed by atoms with E-state index in [9.17, 15) is 13.2 Å². The summed E-state index contributed by atoms with van der Waals surface area (Å²) in [6.07, 6.45) is 14.6. The van der Waals surface area contributed by atoms with E-state index < -0.39 is 23.3 Å². The van der Waals surface area contributed by atoms with Crippen LogP contribution in [0.25, 0.3) is 0 Å². The van der Waals surface area contributed by atoms with Crippen molar-refractivity contribution in [1.82, 2.24) is 15.6 Å². The zero-order chi connectivity index (χ0) is 28.6. The summed E-state index contributed by atoms with van der Waals surface area (Å²) in [5.41, 5.74) is -1.85. The number of hydrazone groups is 1. The Balaban J connectivity index is 2.00. The van der Waals surface area contributed by atoms with Gasteiger partial charge in [-0.05, 0) is 77.2 Å². The van der Waals surface area contributed by atoms with Gasteiger partial charge in [-0.15, -0.1) is 6.42 Å². The molecule has 6 unspecified atom stereocenters. The van der Waals surface area contributed by atoms with Crippen LogP contribution in [0.15, 0.2) is 40.8 Å². The molecule has 0 aromatic carbocycles. The fourth-order valence-electron chi connectivity index (χ4n) is 6.73. The number of halogens is 3. The number of hydrogen-bond donors (Lipinski definition) is 2. The third-order valence-electron chi connectivity index (χ3n) is 9.23. The lowest BCUT2D eigenvalue weighted by Gasteiger charge is -2.54. The highest BCUT2D eigenvalue weighted by Gasteiger charge is 2.73. The fourth-order valence-corrected chi connectivity index (χ4v) is 6.73. The van der Waals surface area contributed by atoms with Gasteiger partial charge in [0.2, 0.25) is 0 Å². The van der Waals surface area contributed by atoms with Gasteiger partial charge in [-0.25, -0.2) is 5.01 Å². The first kappa shape index (κ1) is 30.3. The Kier molecular flexibility index (Phi) is 8.59. The average molecular weight is 533 g/mol. The van der Waals surface area contributed by atoms with Gasteiger partial charge in [0.15, 0.2) is 5.54 Å². The Labute approximate surface area is 228 Å². The van der Waals surface area contributed by atoms with Crippen molar-refractivity contribution in [3.05, 3.63) is 35.7 Å². The number of fused-ring (bicyclic) bond motifs is 1. The Morgan fingerprint density at radius 1 is 1.26 bits per heavy atom. The second kappa shape index (κ2) is 10.8. The maximum Gasteiger partial charge on any atom is 0.413 e. The minimum absolute atomic E-state index is 0.0141. The van der Waals surface area contributed by atoms with Crippen molar-refractivity contribution in [3.8, 4) is 12.3 Å². The van der Waals surface area contributed by atoms with Crippen LogP contribution >= 0.6 is 0 Å². The Morgan fingerprint density at radius 3 is 2.42 bits per heavy atom. The summed E-state index contributed by atoms with van der Waals surface area (Å²) in [5, 5.41) is 12.7. The molecule has 0 bridgehead atoms. The Bertz CT molecular complexity index is 1030. The molecule has 0 spiro atoms. The zero-order valence-corrected chi connectivity index (χ0v) is 24.5. The molecule has 4 nitrogen and oxygen atoms in total. The molecule has 2 N–H and O–H groups in total. The maximum atomic E-state index is 14.7. The molecule has 7 heteroatoms. The maximum absolute atomic E-state index is 14.7. The second-order valence-corrected chi connectivity index (χ2v) is 12.8. The van der Waals surface area contributed by atoms with E-state index in [0.29, 0.717) is 23.7 Å². The van der Waals surface area contributed by atoms with Gasteiger partial charge in [0.05, 0.1) is 0 Å². The van der Waals surface area contributed by atoms with Gasteiger partial charge in [-0.1, -0.05) is 51.3 Å². The van der Waals surface area contributed by atoms with E-state index in [4.69, 9.17) is 6.42 Å². The molecule has 38 heavy (non-hydrogen) atoms. The number of allylic oxidation sites excluding steroid dienone is 3. The molecular weight excluding hydrogens is 485 g/mol. The first-order valence-electron chi connectivity index (χ1n) is 14.0. The van der Waals surface area contributed by atoms with Crippen molar-refractivity contribution >= 4 is 6.21 Å². The van der Waals surface area contributed by atoms with E-state index in [0.717, 1.165) is 30.2 Å². The molecule has 1 saturated heterocycles. The summed E-state index contributed by atoms with van der Waals surface area (Å²) in [5.74, 6) is 4.33. The quantitative estimate of drug-likeness (QED) is 0.176. The molecule has 2 aliphatic carbocycles. The van der Waals surface area contributed by atoms with Crippen LogP contribution in [-0.4, -0.2) is 40.1 Å². The summed E-state index contributed by atoms with van der Waals surface area (Å²) < 4.78 is 44.0. The lowest BCUT2D eigenvalue weighted by molar-refractivity contribution is -0.231. The third kappa shape index (κ3) is 5.71. The number of rotatable bonds is 10. The van der Waals surface area contributed by atoms with Gasteiger partial charge in [0, 0.05) is 41.7 Å². The summed E-state index contributed by atoms with van der Waals surface area (Å²) in [4.78, 5) is 0. The average Bonchev–Trinajstić information content (AvgIpc) is 3.40. The van der Waals surface area contributed by atoms with E-state index >= 15 is 0 Å². The topological polar surface area (TPSA) is 39.7 Å². The minimum Gasteiger partial charge on any atom is -0.367 e. The van der Waals surface area contributed by atoms with Crippen LogP contribution in [0, 0.1) is 29.6 Å². The highest BCUT2D eigenvalue weighted by atomic mass is 19.4. The smallest absolute Gasteiger partial charge is 0.367 e. The van der Waals surface area contributed by atoms with Crippen LogP contribution in [0.4, 0.5) is 13.2 Å². The van der Waals surface area contributed by atoms with Crippen molar-refractivity contribution in [1.29, 1.82) is 0 Å². The van der Waals surface area contributed by atoms with Crippen molar-refractivity contribution in [2.24, 2.45) is 22.4 Å². The number of nitrogens with zero attached hydrogens (tertiary/aromatic N) is 2. The highest BCUT2D eigenvalue weighted by Crippen LogP contribution is 2.74. The summed E-state index contributed by atoms with van der Waals surface area (Å²) in [7, 11) is 0. The van der Waals surface area contributed by atoms with Crippen molar-refractivity contribution < 1.29 is 13.2 Å². The molecule has 1 aliphatic heterocycles. The molecule has 1 heterocycles. The molecule has 0 amide bonds.